The molecule has 0 aromatic heterocycles. The maximum Gasteiger partial charge on any atom is 0.0425 e. The minimum absolute atomic E-state index is 0.641. The fraction of sp³-hybridized carbons (Fsp3) is 0.647. The Morgan fingerprint density at radius 3 is 2.55 bits per heavy atom. The van der Waals surface area contributed by atoms with Crippen molar-refractivity contribution in [3.63, 3.8) is 0 Å². The molecule has 0 unspecified atom stereocenters. The fourth-order valence-electron chi connectivity index (χ4n) is 3.34. The summed E-state index contributed by atoms with van der Waals surface area (Å²) in [5.41, 5.74) is 8.78. The van der Waals surface area contributed by atoms with Crippen LogP contribution < -0.4 is 10.6 Å². The molecule has 0 radical (unpaired) electrons. The number of benzene rings is 1. The van der Waals surface area contributed by atoms with Crippen molar-refractivity contribution >= 4 is 17.4 Å². The van der Waals surface area contributed by atoms with E-state index >= 15 is 0 Å². The van der Waals surface area contributed by atoms with Crippen LogP contribution >= 0.6 is 11.8 Å². The van der Waals surface area contributed by atoms with Crippen LogP contribution in [0.15, 0.2) is 23.1 Å². The molecular formula is C17H28N2S. The van der Waals surface area contributed by atoms with Gasteiger partial charge in [0.2, 0.25) is 0 Å². The lowest BCUT2D eigenvalue weighted by Crippen LogP contribution is -2.37. The van der Waals surface area contributed by atoms with E-state index in [1.165, 1.54) is 48.3 Å². The third-order valence-corrected chi connectivity index (χ3v) is 5.26. The summed E-state index contributed by atoms with van der Waals surface area (Å²) in [4.78, 5) is 3.96. The van der Waals surface area contributed by atoms with Gasteiger partial charge in [0.15, 0.2) is 0 Å². The number of hydrogen-bond acceptors (Lipinski definition) is 3. The Balaban J connectivity index is 2.30. The number of anilines is 1. The summed E-state index contributed by atoms with van der Waals surface area (Å²) in [7, 11) is 0. The SMILES string of the molecule is CCSc1cccc(N(CC)C2CCCCC2)c1CN. The molecular weight excluding hydrogens is 264 g/mol. The highest BCUT2D eigenvalue weighted by molar-refractivity contribution is 7.99. The predicted octanol–water partition coefficient (Wildman–Crippen LogP) is 4.42. The van der Waals surface area contributed by atoms with E-state index in [4.69, 9.17) is 5.73 Å². The smallest absolute Gasteiger partial charge is 0.0425 e. The molecule has 20 heavy (non-hydrogen) atoms. The lowest BCUT2D eigenvalue weighted by molar-refractivity contribution is 0.417. The Hall–Kier alpha value is -0.670. The molecule has 1 aromatic carbocycles. The van der Waals surface area contributed by atoms with Gasteiger partial charge in [-0.15, -0.1) is 11.8 Å². The maximum absolute atomic E-state index is 6.06. The minimum Gasteiger partial charge on any atom is -0.369 e. The van der Waals surface area contributed by atoms with Gasteiger partial charge in [-0.25, -0.2) is 0 Å². The third-order valence-electron chi connectivity index (χ3n) is 4.28. The lowest BCUT2D eigenvalue weighted by Gasteiger charge is -2.37. The second-order valence-corrected chi connectivity index (χ2v) is 6.77. The monoisotopic (exact) mass is 292 g/mol. The summed E-state index contributed by atoms with van der Waals surface area (Å²) in [6.45, 7) is 6.20. The summed E-state index contributed by atoms with van der Waals surface area (Å²) in [5, 5.41) is 0. The number of thioether (sulfide) groups is 1. The molecule has 0 spiro atoms. The topological polar surface area (TPSA) is 29.3 Å². The van der Waals surface area contributed by atoms with Crippen LogP contribution in [0.4, 0.5) is 5.69 Å². The van der Waals surface area contributed by atoms with E-state index in [-0.39, 0.29) is 0 Å². The average molecular weight is 292 g/mol. The summed E-state index contributed by atoms with van der Waals surface area (Å²) >= 11 is 1.91. The van der Waals surface area contributed by atoms with Gasteiger partial charge in [0.25, 0.3) is 0 Å². The van der Waals surface area contributed by atoms with E-state index in [9.17, 15) is 0 Å². The molecule has 0 amide bonds. The van der Waals surface area contributed by atoms with E-state index < -0.39 is 0 Å². The number of hydrogen-bond donors (Lipinski definition) is 1. The molecule has 1 aliphatic rings. The first-order valence-electron chi connectivity index (χ1n) is 8.03. The predicted molar refractivity (Wildman–Crippen MR) is 90.6 cm³/mol. The Labute approximate surface area is 128 Å². The van der Waals surface area contributed by atoms with Crippen LogP contribution in [0.25, 0.3) is 0 Å². The van der Waals surface area contributed by atoms with E-state index in [0.717, 1.165) is 12.3 Å². The highest BCUT2D eigenvalue weighted by atomic mass is 32.2. The van der Waals surface area contributed by atoms with Gasteiger partial charge in [0.1, 0.15) is 0 Å². The van der Waals surface area contributed by atoms with Crippen molar-refractivity contribution in [2.75, 3.05) is 17.2 Å². The van der Waals surface area contributed by atoms with Gasteiger partial charge in [-0.1, -0.05) is 32.3 Å². The molecule has 2 rings (SSSR count). The van der Waals surface area contributed by atoms with E-state index in [1.54, 1.807) is 0 Å². The summed E-state index contributed by atoms with van der Waals surface area (Å²) in [6.07, 6.45) is 6.83. The van der Waals surface area contributed by atoms with Gasteiger partial charge < -0.3 is 10.6 Å². The first-order valence-corrected chi connectivity index (χ1v) is 9.01. The van der Waals surface area contributed by atoms with Crippen LogP contribution in [-0.2, 0) is 6.54 Å². The molecule has 1 aromatic rings. The Kier molecular flexibility index (Phi) is 6.24. The molecule has 0 saturated heterocycles. The van der Waals surface area contributed by atoms with E-state index in [2.05, 4.69) is 36.9 Å². The van der Waals surface area contributed by atoms with Crippen molar-refractivity contribution in [2.45, 2.75) is 63.4 Å². The molecule has 112 valence electrons. The normalized spacial score (nSPS) is 16.4. The largest absolute Gasteiger partial charge is 0.369 e. The lowest BCUT2D eigenvalue weighted by atomic mass is 9.93. The Morgan fingerprint density at radius 2 is 1.95 bits per heavy atom. The fourth-order valence-corrected chi connectivity index (χ4v) is 4.18. The van der Waals surface area contributed by atoms with Crippen LogP contribution in [0.5, 0.6) is 0 Å². The van der Waals surface area contributed by atoms with Crippen LogP contribution in [0.1, 0.15) is 51.5 Å². The van der Waals surface area contributed by atoms with Gasteiger partial charge in [0.05, 0.1) is 0 Å². The quantitative estimate of drug-likeness (QED) is 0.787. The zero-order chi connectivity index (χ0) is 14.4. The molecule has 0 aliphatic heterocycles. The van der Waals surface area contributed by atoms with Crippen molar-refractivity contribution in [1.29, 1.82) is 0 Å². The van der Waals surface area contributed by atoms with Gasteiger partial charge >= 0.3 is 0 Å². The van der Waals surface area contributed by atoms with Gasteiger partial charge in [0, 0.05) is 35.3 Å². The summed E-state index contributed by atoms with van der Waals surface area (Å²) in [6, 6.07) is 7.38. The molecule has 0 bridgehead atoms. The van der Waals surface area contributed by atoms with Gasteiger partial charge in [-0.05, 0) is 37.7 Å². The number of nitrogens with two attached hydrogens (primary N) is 1. The van der Waals surface area contributed by atoms with Crippen molar-refractivity contribution in [2.24, 2.45) is 5.73 Å². The maximum atomic E-state index is 6.06. The second kappa shape index (κ2) is 7.94. The second-order valence-electron chi connectivity index (χ2n) is 5.47. The molecule has 3 heteroatoms. The average Bonchev–Trinajstić information content (AvgIpc) is 2.50. The molecule has 1 aliphatic carbocycles. The van der Waals surface area contributed by atoms with Crippen LogP contribution in [0.3, 0.4) is 0 Å². The van der Waals surface area contributed by atoms with Crippen LogP contribution in [-0.4, -0.2) is 18.3 Å². The molecule has 2 nitrogen and oxygen atoms in total. The van der Waals surface area contributed by atoms with E-state index in [0.29, 0.717) is 12.6 Å². The van der Waals surface area contributed by atoms with Crippen LogP contribution in [0, 0.1) is 0 Å². The summed E-state index contributed by atoms with van der Waals surface area (Å²) in [5.74, 6) is 1.10. The zero-order valence-corrected chi connectivity index (χ0v) is 13.7. The molecule has 1 saturated carbocycles. The number of rotatable bonds is 6. The van der Waals surface area contributed by atoms with Gasteiger partial charge in [-0.3, -0.25) is 0 Å². The minimum atomic E-state index is 0.641. The van der Waals surface area contributed by atoms with Crippen molar-refractivity contribution in [3.05, 3.63) is 23.8 Å². The third kappa shape index (κ3) is 3.50. The molecule has 0 heterocycles. The molecule has 0 atom stereocenters. The Morgan fingerprint density at radius 1 is 1.20 bits per heavy atom. The molecule has 1 fully saturated rings. The van der Waals surface area contributed by atoms with Crippen molar-refractivity contribution < 1.29 is 0 Å². The standard InChI is InChI=1S/C17H28N2S/c1-3-19(14-9-6-5-7-10-14)16-11-8-12-17(20-4-2)15(16)13-18/h8,11-12,14H,3-7,9-10,13,18H2,1-2H3. The van der Waals surface area contributed by atoms with Crippen molar-refractivity contribution in [1.82, 2.24) is 0 Å². The van der Waals surface area contributed by atoms with Crippen molar-refractivity contribution in [3.8, 4) is 0 Å². The van der Waals surface area contributed by atoms with Crippen LogP contribution in [0.2, 0.25) is 0 Å². The number of nitrogens with zero attached hydrogens (tertiary/aromatic N) is 1. The first-order chi connectivity index (χ1) is 9.81. The first kappa shape index (κ1) is 15.7. The highest BCUT2D eigenvalue weighted by Gasteiger charge is 2.22. The summed E-state index contributed by atoms with van der Waals surface area (Å²) < 4.78 is 0. The molecule has 2 N–H and O–H groups in total. The zero-order valence-electron chi connectivity index (χ0n) is 12.9. The highest BCUT2D eigenvalue weighted by Crippen LogP contribution is 2.34. The Bertz CT molecular complexity index is 413. The van der Waals surface area contributed by atoms with Gasteiger partial charge in [-0.2, -0.15) is 0 Å². The van der Waals surface area contributed by atoms with E-state index in [1.807, 2.05) is 11.8 Å².